The second kappa shape index (κ2) is 8.10. The first-order valence-corrected chi connectivity index (χ1v) is 7.61. The van der Waals surface area contributed by atoms with Crippen LogP contribution in [0.2, 0.25) is 0 Å². The third-order valence-electron chi connectivity index (χ3n) is 4.00. The van der Waals surface area contributed by atoms with Gasteiger partial charge in [0.15, 0.2) is 0 Å². The Balaban J connectivity index is 2.05. The average Bonchev–Trinajstić information content (AvgIpc) is 2.64. The van der Waals surface area contributed by atoms with Crippen LogP contribution in [0.25, 0.3) is 0 Å². The molecule has 2 atom stereocenters. The Labute approximate surface area is 108 Å². The third kappa shape index (κ3) is 5.39. The van der Waals surface area contributed by atoms with Crippen molar-refractivity contribution in [2.75, 3.05) is 19.6 Å². The lowest BCUT2D eigenvalue weighted by Gasteiger charge is -2.27. The minimum absolute atomic E-state index is 0.776. The lowest BCUT2D eigenvalue weighted by Crippen LogP contribution is -2.35. The van der Waals surface area contributed by atoms with Crippen LogP contribution in [-0.2, 0) is 0 Å². The summed E-state index contributed by atoms with van der Waals surface area (Å²) in [5, 5.41) is 3.53. The molecule has 0 aromatic carbocycles. The SMILES string of the molecule is CCC1CCC(C)N1CCCCNCC(C)C. The van der Waals surface area contributed by atoms with Gasteiger partial charge in [-0.25, -0.2) is 0 Å². The molecule has 2 heteroatoms. The normalized spacial score (nSPS) is 25.9. The van der Waals surface area contributed by atoms with E-state index in [-0.39, 0.29) is 0 Å². The summed E-state index contributed by atoms with van der Waals surface area (Å²) in [6.45, 7) is 12.9. The van der Waals surface area contributed by atoms with E-state index in [0.717, 1.165) is 24.5 Å². The standard InChI is InChI=1S/C15H32N2/c1-5-15-9-8-14(4)17(15)11-7-6-10-16-12-13(2)3/h13-16H,5-12H2,1-4H3. The van der Waals surface area contributed by atoms with Crippen LogP contribution >= 0.6 is 0 Å². The van der Waals surface area contributed by atoms with Crippen LogP contribution in [0.5, 0.6) is 0 Å². The fourth-order valence-corrected chi connectivity index (χ4v) is 2.90. The summed E-state index contributed by atoms with van der Waals surface area (Å²) < 4.78 is 0. The van der Waals surface area contributed by atoms with Crippen molar-refractivity contribution in [2.24, 2.45) is 5.92 Å². The van der Waals surface area contributed by atoms with E-state index in [4.69, 9.17) is 0 Å². The number of unbranched alkanes of at least 4 members (excludes halogenated alkanes) is 1. The largest absolute Gasteiger partial charge is 0.316 e. The minimum atomic E-state index is 0.776. The predicted molar refractivity (Wildman–Crippen MR) is 76.4 cm³/mol. The molecule has 0 saturated carbocycles. The Hall–Kier alpha value is -0.0800. The molecular formula is C15H32N2. The molecule has 0 spiro atoms. The van der Waals surface area contributed by atoms with Crippen molar-refractivity contribution in [3.63, 3.8) is 0 Å². The summed E-state index contributed by atoms with van der Waals surface area (Å²) in [6, 6.07) is 1.69. The number of likely N-dealkylation sites (tertiary alicyclic amines) is 1. The Morgan fingerprint density at radius 2 is 2.00 bits per heavy atom. The number of rotatable bonds is 8. The third-order valence-corrected chi connectivity index (χ3v) is 4.00. The first kappa shape index (κ1) is 15.0. The van der Waals surface area contributed by atoms with Gasteiger partial charge in [-0.15, -0.1) is 0 Å². The molecule has 1 saturated heterocycles. The second-order valence-corrected chi connectivity index (χ2v) is 6.03. The fourth-order valence-electron chi connectivity index (χ4n) is 2.90. The van der Waals surface area contributed by atoms with E-state index < -0.39 is 0 Å². The zero-order chi connectivity index (χ0) is 12.7. The summed E-state index contributed by atoms with van der Waals surface area (Å²) in [5.41, 5.74) is 0. The number of nitrogens with zero attached hydrogens (tertiary/aromatic N) is 1. The van der Waals surface area contributed by atoms with Gasteiger partial charge >= 0.3 is 0 Å². The van der Waals surface area contributed by atoms with E-state index in [0.29, 0.717) is 0 Å². The molecule has 2 nitrogen and oxygen atoms in total. The van der Waals surface area contributed by atoms with Gasteiger partial charge in [0.05, 0.1) is 0 Å². The van der Waals surface area contributed by atoms with Crippen molar-refractivity contribution < 1.29 is 0 Å². The average molecular weight is 240 g/mol. The Morgan fingerprint density at radius 3 is 2.65 bits per heavy atom. The lowest BCUT2D eigenvalue weighted by molar-refractivity contribution is 0.194. The van der Waals surface area contributed by atoms with Crippen molar-refractivity contribution in [2.45, 2.75) is 71.9 Å². The van der Waals surface area contributed by atoms with Crippen LogP contribution in [0.15, 0.2) is 0 Å². The Bertz CT molecular complexity index is 191. The first-order valence-electron chi connectivity index (χ1n) is 7.61. The van der Waals surface area contributed by atoms with Crippen molar-refractivity contribution in [1.29, 1.82) is 0 Å². The molecule has 0 amide bonds. The van der Waals surface area contributed by atoms with Gasteiger partial charge in [-0.1, -0.05) is 20.8 Å². The molecule has 0 aromatic rings. The van der Waals surface area contributed by atoms with Crippen molar-refractivity contribution >= 4 is 0 Å². The molecule has 17 heavy (non-hydrogen) atoms. The van der Waals surface area contributed by atoms with Gasteiger partial charge in [-0.05, 0) is 64.6 Å². The molecule has 1 heterocycles. The monoisotopic (exact) mass is 240 g/mol. The van der Waals surface area contributed by atoms with E-state index in [9.17, 15) is 0 Å². The Morgan fingerprint density at radius 1 is 1.24 bits per heavy atom. The first-order chi connectivity index (χ1) is 8.15. The smallest absolute Gasteiger partial charge is 0.00960 e. The molecule has 0 aliphatic carbocycles. The van der Waals surface area contributed by atoms with E-state index in [2.05, 4.69) is 37.9 Å². The van der Waals surface area contributed by atoms with Crippen molar-refractivity contribution in [1.82, 2.24) is 10.2 Å². The van der Waals surface area contributed by atoms with E-state index in [1.54, 1.807) is 0 Å². The Kier molecular flexibility index (Phi) is 7.14. The molecule has 102 valence electrons. The van der Waals surface area contributed by atoms with Gasteiger partial charge in [0.1, 0.15) is 0 Å². The maximum absolute atomic E-state index is 3.53. The topological polar surface area (TPSA) is 15.3 Å². The van der Waals surface area contributed by atoms with Gasteiger partial charge in [-0.3, -0.25) is 4.90 Å². The molecule has 0 aromatic heterocycles. The van der Waals surface area contributed by atoms with E-state index in [1.165, 1.54) is 45.2 Å². The molecule has 1 aliphatic rings. The maximum Gasteiger partial charge on any atom is 0.00960 e. The van der Waals surface area contributed by atoms with Gasteiger partial charge in [0, 0.05) is 12.1 Å². The number of nitrogens with one attached hydrogen (secondary N) is 1. The van der Waals surface area contributed by atoms with Gasteiger partial charge in [-0.2, -0.15) is 0 Å². The molecule has 1 N–H and O–H groups in total. The zero-order valence-corrected chi connectivity index (χ0v) is 12.3. The van der Waals surface area contributed by atoms with E-state index >= 15 is 0 Å². The fraction of sp³-hybridized carbons (Fsp3) is 1.00. The predicted octanol–water partition coefficient (Wildman–Crippen LogP) is 3.28. The van der Waals surface area contributed by atoms with Crippen molar-refractivity contribution in [3.8, 4) is 0 Å². The molecular weight excluding hydrogens is 208 g/mol. The highest BCUT2D eigenvalue weighted by molar-refractivity contribution is 4.83. The molecule has 1 rings (SSSR count). The van der Waals surface area contributed by atoms with Crippen LogP contribution in [0.1, 0.15) is 59.8 Å². The van der Waals surface area contributed by atoms with Gasteiger partial charge < -0.3 is 5.32 Å². The molecule has 0 radical (unpaired) electrons. The van der Waals surface area contributed by atoms with Crippen LogP contribution in [0.4, 0.5) is 0 Å². The van der Waals surface area contributed by atoms with E-state index in [1.807, 2.05) is 0 Å². The number of hydrogen-bond donors (Lipinski definition) is 1. The minimum Gasteiger partial charge on any atom is -0.316 e. The summed E-state index contributed by atoms with van der Waals surface area (Å²) in [5.74, 6) is 0.776. The molecule has 0 bridgehead atoms. The van der Waals surface area contributed by atoms with Gasteiger partial charge in [0.25, 0.3) is 0 Å². The summed E-state index contributed by atoms with van der Waals surface area (Å²) in [6.07, 6.45) is 6.83. The maximum atomic E-state index is 3.53. The molecule has 1 fully saturated rings. The second-order valence-electron chi connectivity index (χ2n) is 6.03. The number of hydrogen-bond acceptors (Lipinski definition) is 2. The molecule has 2 unspecified atom stereocenters. The lowest BCUT2D eigenvalue weighted by atomic mass is 10.1. The van der Waals surface area contributed by atoms with Crippen molar-refractivity contribution in [3.05, 3.63) is 0 Å². The quantitative estimate of drug-likeness (QED) is 0.655. The van der Waals surface area contributed by atoms with Gasteiger partial charge in [0.2, 0.25) is 0 Å². The van der Waals surface area contributed by atoms with Crippen LogP contribution in [-0.4, -0.2) is 36.6 Å². The van der Waals surface area contributed by atoms with Crippen LogP contribution in [0, 0.1) is 5.92 Å². The summed E-state index contributed by atoms with van der Waals surface area (Å²) in [4.78, 5) is 2.74. The molecule has 1 aliphatic heterocycles. The highest BCUT2D eigenvalue weighted by Gasteiger charge is 2.28. The zero-order valence-electron chi connectivity index (χ0n) is 12.3. The van der Waals surface area contributed by atoms with Crippen LogP contribution in [0.3, 0.4) is 0 Å². The summed E-state index contributed by atoms with van der Waals surface area (Å²) >= 11 is 0. The highest BCUT2D eigenvalue weighted by Crippen LogP contribution is 2.25. The van der Waals surface area contributed by atoms with Crippen LogP contribution < -0.4 is 5.32 Å². The highest BCUT2D eigenvalue weighted by atomic mass is 15.2. The summed E-state index contributed by atoms with van der Waals surface area (Å²) in [7, 11) is 0.